The number of anilines is 12. The van der Waals surface area contributed by atoms with Gasteiger partial charge >= 0.3 is 397 Å². The van der Waals surface area contributed by atoms with Gasteiger partial charge in [-0.1, -0.05) is 60.7 Å². The zero-order valence-corrected chi connectivity index (χ0v) is 43.5. The van der Waals surface area contributed by atoms with Gasteiger partial charge in [0.25, 0.3) is 0 Å². The van der Waals surface area contributed by atoms with E-state index < -0.39 is 0 Å². The molecule has 5 aliphatic rings. The zero-order chi connectivity index (χ0) is 50.3. The first kappa shape index (κ1) is 43.0. The molecular formula is C70H44B2N4Se. The molecule has 17 rings (SSSR count). The third-order valence-electron chi connectivity index (χ3n) is 16.8. The van der Waals surface area contributed by atoms with Gasteiger partial charge in [-0.2, -0.15) is 0 Å². The molecule has 0 unspecified atom stereocenters. The Bertz CT molecular complexity index is 4080. The largest absolute Gasteiger partial charge is 0.0617 e. The fourth-order valence-electron chi connectivity index (χ4n) is 13.6. The van der Waals surface area contributed by atoms with E-state index >= 15 is 0 Å². The van der Waals surface area contributed by atoms with Crippen molar-refractivity contribution in [3.8, 4) is 42.3 Å². The molecule has 0 saturated carbocycles. The molecule has 12 aromatic rings. The van der Waals surface area contributed by atoms with E-state index in [1.807, 2.05) is 0 Å². The Morgan fingerprint density at radius 3 is 0.922 bits per heavy atom. The summed E-state index contributed by atoms with van der Waals surface area (Å²) in [5.41, 5.74) is 30.2. The summed E-state index contributed by atoms with van der Waals surface area (Å²) in [5, 5.41) is 0. The number of fused-ring (bicyclic) bond motifs is 11. The summed E-state index contributed by atoms with van der Waals surface area (Å²) in [6.45, 7) is -0.0219. The van der Waals surface area contributed by atoms with Crippen molar-refractivity contribution in [1.29, 1.82) is 0 Å². The molecule has 0 spiro atoms. The standard InChI is InChI=1S/C70H44B2N4Se/c1-5-19-45(20-6-1)47-35-39-51(40-36-47)73-57-29-15-13-27-53(57)71-55-43-44-56-66-65(55)75(61-33-17-31-59(73)63(61)71)67-68(70(50-25-11-4-12-26-50)77-69(67)49-23-9-3-10-24-49)76(66)62-34-18-32-60-64(62)72(56)54-28-14-16-30-58(54)74(60)52-41-37-48(38-42-52)46-21-7-2-8-22-46/h1-44H. The van der Waals surface area contributed by atoms with E-state index in [2.05, 4.69) is 287 Å². The molecule has 0 bridgehead atoms. The van der Waals surface area contributed by atoms with E-state index in [1.54, 1.807) is 0 Å². The number of hydrogen-bond acceptors (Lipinski definition) is 4. The molecule has 356 valence electrons. The summed E-state index contributed by atoms with van der Waals surface area (Å²) in [5.74, 6) is 0. The molecule has 11 aromatic carbocycles. The SMILES string of the molecule is c1ccc(-c2ccc(N3c4ccccc4B4c5ccc6c7c5N(c5cccc3c54)c3c(-c4ccccc4)[se]c(-c4ccccc4)c3N7c3cccc4c3B6c3ccccc3N4c3ccc(-c4ccccc4)cc3)cc2)cc1. The first-order valence-electron chi connectivity index (χ1n) is 26.7. The van der Waals surface area contributed by atoms with E-state index in [-0.39, 0.29) is 27.9 Å². The fraction of sp³-hybridized carbons (Fsp3) is 0. The first-order chi connectivity index (χ1) is 38.3. The Labute approximate surface area is 454 Å². The van der Waals surface area contributed by atoms with Crippen molar-refractivity contribution in [3.63, 3.8) is 0 Å². The Morgan fingerprint density at radius 2 is 0.532 bits per heavy atom. The predicted molar refractivity (Wildman–Crippen MR) is 327 cm³/mol. The van der Waals surface area contributed by atoms with Crippen LogP contribution < -0.4 is 52.4 Å². The van der Waals surface area contributed by atoms with Crippen LogP contribution in [-0.2, 0) is 0 Å². The van der Waals surface area contributed by atoms with Crippen LogP contribution in [0.5, 0.6) is 0 Å². The van der Waals surface area contributed by atoms with Crippen molar-refractivity contribution in [2.45, 2.75) is 0 Å². The number of hydrogen-bond donors (Lipinski definition) is 0. The van der Waals surface area contributed by atoms with Gasteiger partial charge in [-0.3, -0.25) is 0 Å². The Morgan fingerprint density at radius 1 is 0.221 bits per heavy atom. The molecule has 6 heterocycles. The quantitative estimate of drug-likeness (QED) is 0.154. The van der Waals surface area contributed by atoms with Crippen molar-refractivity contribution >= 4 is 129 Å². The van der Waals surface area contributed by atoms with Gasteiger partial charge in [0.1, 0.15) is 0 Å². The van der Waals surface area contributed by atoms with E-state index in [0.717, 1.165) is 11.4 Å². The maximum Gasteiger partial charge on any atom is -0.0544 e. The smallest absolute Gasteiger partial charge is 0.0544 e. The van der Waals surface area contributed by atoms with Gasteiger partial charge in [0.2, 0.25) is 0 Å². The monoisotopic (exact) mass is 1040 g/mol. The number of para-hydroxylation sites is 2. The van der Waals surface area contributed by atoms with Crippen molar-refractivity contribution in [3.05, 3.63) is 267 Å². The third kappa shape index (κ3) is 6.13. The molecule has 0 atom stereocenters. The molecule has 5 aliphatic heterocycles. The van der Waals surface area contributed by atoms with E-state index in [0.29, 0.717) is 0 Å². The van der Waals surface area contributed by atoms with Gasteiger partial charge in [-0.25, -0.2) is 0 Å². The third-order valence-corrected chi connectivity index (χ3v) is 19.4. The number of benzene rings is 11. The summed E-state index contributed by atoms with van der Waals surface area (Å²) in [4.78, 5) is 10.5. The minimum absolute atomic E-state index is 0.0109. The molecule has 0 N–H and O–H groups in total. The van der Waals surface area contributed by atoms with Crippen LogP contribution in [0.2, 0.25) is 0 Å². The fourth-order valence-corrected chi connectivity index (χ4v) is 16.3. The van der Waals surface area contributed by atoms with Crippen LogP contribution in [0.25, 0.3) is 42.3 Å². The molecule has 0 saturated heterocycles. The molecule has 4 nitrogen and oxygen atoms in total. The van der Waals surface area contributed by atoms with Crippen molar-refractivity contribution < 1.29 is 0 Å². The predicted octanol–water partition coefficient (Wildman–Crippen LogP) is 13.9. The summed E-state index contributed by atoms with van der Waals surface area (Å²) < 4.78 is 2.79. The summed E-state index contributed by atoms with van der Waals surface area (Å²) in [6.07, 6.45) is 0. The average molecular weight is 1040 g/mol. The Kier molecular flexibility index (Phi) is 9.29. The molecule has 1 aromatic heterocycles. The average Bonchev–Trinajstić information content (AvgIpc) is 4.13. The van der Waals surface area contributed by atoms with E-state index in [4.69, 9.17) is 0 Å². The van der Waals surface area contributed by atoms with E-state index in [9.17, 15) is 0 Å². The topological polar surface area (TPSA) is 13.0 Å². The van der Waals surface area contributed by atoms with Crippen LogP contribution in [0, 0.1) is 0 Å². The zero-order valence-electron chi connectivity index (χ0n) is 41.8. The second kappa shape index (κ2) is 16.6. The minimum Gasteiger partial charge on any atom is -0.0617 e. The Hall–Kier alpha value is -9.25. The molecule has 0 fully saturated rings. The van der Waals surface area contributed by atoms with Crippen LogP contribution in [0.4, 0.5) is 68.2 Å². The Balaban J connectivity index is 0.946. The van der Waals surface area contributed by atoms with Crippen LogP contribution in [0.3, 0.4) is 0 Å². The summed E-state index contributed by atoms with van der Waals surface area (Å²) >= 11 is -0.0641. The number of nitrogens with zero attached hydrogens (tertiary/aromatic N) is 4. The molecule has 0 amide bonds. The molecule has 0 radical (unpaired) electrons. The van der Waals surface area contributed by atoms with Gasteiger partial charge in [0.05, 0.1) is 0 Å². The second-order valence-corrected chi connectivity index (χ2v) is 22.8. The van der Waals surface area contributed by atoms with Gasteiger partial charge < -0.3 is 0 Å². The van der Waals surface area contributed by atoms with Crippen LogP contribution in [-0.4, -0.2) is 27.9 Å². The van der Waals surface area contributed by atoms with E-state index in [1.165, 1.54) is 132 Å². The van der Waals surface area contributed by atoms with Crippen molar-refractivity contribution in [2.75, 3.05) is 19.6 Å². The van der Waals surface area contributed by atoms with Crippen LogP contribution in [0.15, 0.2) is 267 Å². The van der Waals surface area contributed by atoms with Crippen LogP contribution in [0.1, 0.15) is 0 Å². The maximum absolute atomic E-state index is 2.74. The first-order valence-corrected chi connectivity index (χ1v) is 28.4. The van der Waals surface area contributed by atoms with Crippen molar-refractivity contribution in [1.82, 2.24) is 0 Å². The minimum atomic E-state index is -0.0641. The van der Waals surface area contributed by atoms with Gasteiger partial charge in [-0.05, 0) is 0 Å². The van der Waals surface area contributed by atoms with Gasteiger partial charge in [-0.15, -0.1) is 0 Å². The summed E-state index contributed by atoms with van der Waals surface area (Å²) in [6, 6.07) is 99.8. The molecular weight excluding hydrogens is 997 g/mol. The summed E-state index contributed by atoms with van der Waals surface area (Å²) in [7, 11) is 0. The second-order valence-electron chi connectivity index (χ2n) is 20.7. The van der Waals surface area contributed by atoms with Crippen LogP contribution >= 0.6 is 0 Å². The molecule has 7 heteroatoms. The van der Waals surface area contributed by atoms with Gasteiger partial charge in [0.15, 0.2) is 0 Å². The molecule has 0 aliphatic carbocycles. The van der Waals surface area contributed by atoms with Gasteiger partial charge in [0, 0.05) is 0 Å². The molecule has 77 heavy (non-hydrogen) atoms. The van der Waals surface area contributed by atoms with Crippen molar-refractivity contribution in [2.24, 2.45) is 0 Å². The maximum atomic E-state index is 2.74. The number of rotatable bonds is 6. The normalized spacial score (nSPS) is 13.6.